The number of hydrogen-bond donors (Lipinski definition) is 3. The molecule has 2 aliphatic rings. The Morgan fingerprint density at radius 3 is 1.36 bits per heavy atom. The summed E-state index contributed by atoms with van der Waals surface area (Å²) >= 11 is 0. The van der Waals surface area contributed by atoms with E-state index >= 15 is 0 Å². The standard InChI is InChI=1S/C26H32F6N2O16/c1-8(35)43-6-13-18(19(46-11(4)38)15(21(40)48-13)33-23(41)25(27,28)29)50-22-16(34-24(42)26(30,31)32)20(47-12(5)39)17(45-10(3)37)14(49-22)7-44-9(2)36/h13-22,40H,6-7H2,1-5H3,(H,33,41)(H,34,42)/t13?,14?,15?,16?,17-,18-,19-,20-,21?,22+/m1/s1. The number of ether oxygens (including phenoxy) is 8. The largest absolute Gasteiger partial charge is 0.471 e. The van der Waals surface area contributed by atoms with E-state index in [1.165, 1.54) is 10.6 Å². The maximum atomic E-state index is 13.5. The first kappa shape index (κ1) is 41.9. The zero-order valence-electron chi connectivity index (χ0n) is 26.5. The Balaban J connectivity index is 2.79. The molecule has 0 aromatic carbocycles. The van der Waals surface area contributed by atoms with Gasteiger partial charge in [-0.2, -0.15) is 26.3 Å². The minimum atomic E-state index is -5.64. The normalized spacial score (nSPS) is 29.8. The second kappa shape index (κ2) is 17.1. The Hall–Kier alpha value is -4.29. The van der Waals surface area contributed by atoms with Gasteiger partial charge in [-0.1, -0.05) is 0 Å². The van der Waals surface area contributed by atoms with Gasteiger partial charge in [-0.15, -0.1) is 0 Å². The van der Waals surface area contributed by atoms with Crippen LogP contribution in [0.3, 0.4) is 0 Å². The summed E-state index contributed by atoms with van der Waals surface area (Å²) < 4.78 is 122. The molecule has 2 heterocycles. The first-order chi connectivity index (χ1) is 22.9. The highest BCUT2D eigenvalue weighted by Gasteiger charge is 2.57. The van der Waals surface area contributed by atoms with E-state index in [4.69, 9.17) is 37.9 Å². The summed E-state index contributed by atoms with van der Waals surface area (Å²) in [4.78, 5) is 83.5. The number of aliphatic hydroxyl groups is 1. The molecule has 5 unspecified atom stereocenters. The van der Waals surface area contributed by atoms with E-state index in [9.17, 15) is 65.0 Å². The lowest BCUT2D eigenvalue weighted by molar-refractivity contribution is -0.330. The average Bonchev–Trinajstić information content (AvgIpc) is 2.95. The molecule has 24 heteroatoms. The SMILES string of the molecule is CC(=O)OCC1OC(O)C(NC(=O)C(F)(F)F)[C@@H](OC(C)=O)[C@@H]1O[C@@H]1OC(COC(C)=O)[C@@H](OC(C)=O)[C@H](OC(C)=O)C1NC(=O)C(F)(F)F. The fraction of sp³-hybridized carbons (Fsp3) is 0.731. The smallest absolute Gasteiger partial charge is 0.463 e. The second-order valence-corrected chi connectivity index (χ2v) is 10.5. The Bertz CT molecular complexity index is 1300. The molecule has 2 fully saturated rings. The van der Waals surface area contributed by atoms with Crippen molar-refractivity contribution in [2.75, 3.05) is 13.2 Å². The van der Waals surface area contributed by atoms with Crippen LogP contribution in [0.4, 0.5) is 26.3 Å². The van der Waals surface area contributed by atoms with Crippen LogP contribution in [-0.4, -0.2) is 134 Å². The van der Waals surface area contributed by atoms with E-state index in [1.54, 1.807) is 0 Å². The molecule has 10 atom stereocenters. The molecule has 0 aliphatic carbocycles. The molecule has 0 spiro atoms. The molecular formula is C26H32F6N2O16. The van der Waals surface area contributed by atoms with E-state index in [0.717, 1.165) is 34.6 Å². The van der Waals surface area contributed by atoms with Gasteiger partial charge in [0.15, 0.2) is 30.9 Å². The predicted octanol–water partition coefficient (Wildman–Crippen LogP) is -1.17. The number of aliphatic hydroxyl groups excluding tert-OH is 1. The van der Waals surface area contributed by atoms with E-state index in [2.05, 4.69) is 0 Å². The van der Waals surface area contributed by atoms with Crippen molar-refractivity contribution in [2.45, 2.75) is 108 Å². The number of rotatable bonds is 11. The first-order valence-electron chi connectivity index (χ1n) is 14.1. The summed E-state index contributed by atoms with van der Waals surface area (Å²) in [6.07, 6.45) is -28.4. The minimum absolute atomic E-state index is 0.724. The summed E-state index contributed by atoms with van der Waals surface area (Å²) in [5.41, 5.74) is 0. The molecule has 0 aromatic heterocycles. The van der Waals surface area contributed by atoms with Crippen molar-refractivity contribution in [2.24, 2.45) is 0 Å². The number of hydrogen-bond acceptors (Lipinski definition) is 16. The van der Waals surface area contributed by atoms with Crippen LogP contribution in [0, 0.1) is 0 Å². The van der Waals surface area contributed by atoms with Crippen LogP contribution in [-0.2, 0) is 71.5 Å². The number of nitrogens with one attached hydrogen (secondary N) is 2. The van der Waals surface area contributed by atoms with Crippen LogP contribution in [0.1, 0.15) is 34.6 Å². The third-order valence-electron chi connectivity index (χ3n) is 6.52. The van der Waals surface area contributed by atoms with Crippen molar-refractivity contribution in [3.63, 3.8) is 0 Å². The molecule has 284 valence electrons. The monoisotopic (exact) mass is 742 g/mol. The van der Waals surface area contributed by atoms with E-state index < -0.39 is 129 Å². The third-order valence-corrected chi connectivity index (χ3v) is 6.52. The number of amides is 2. The summed E-state index contributed by atoms with van der Waals surface area (Å²) in [6, 6.07) is -4.72. The molecule has 0 aromatic rings. The molecule has 0 bridgehead atoms. The van der Waals surface area contributed by atoms with Crippen LogP contribution < -0.4 is 10.6 Å². The third kappa shape index (κ3) is 11.9. The highest BCUT2D eigenvalue weighted by atomic mass is 19.4. The molecule has 18 nitrogen and oxygen atoms in total. The summed E-state index contributed by atoms with van der Waals surface area (Å²) in [6.45, 7) is 2.26. The van der Waals surface area contributed by atoms with Gasteiger partial charge >= 0.3 is 54.0 Å². The van der Waals surface area contributed by atoms with Crippen molar-refractivity contribution in [1.29, 1.82) is 0 Å². The van der Waals surface area contributed by atoms with Gasteiger partial charge in [0.05, 0.1) is 0 Å². The van der Waals surface area contributed by atoms with Gasteiger partial charge in [0.1, 0.15) is 43.6 Å². The fourth-order valence-corrected chi connectivity index (χ4v) is 4.70. The van der Waals surface area contributed by atoms with Crippen molar-refractivity contribution in [3.8, 4) is 0 Å². The second-order valence-electron chi connectivity index (χ2n) is 10.5. The Morgan fingerprint density at radius 1 is 0.580 bits per heavy atom. The van der Waals surface area contributed by atoms with Gasteiger partial charge in [-0.3, -0.25) is 33.6 Å². The van der Waals surface area contributed by atoms with Gasteiger partial charge in [0.25, 0.3) is 0 Å². The minimum Gasteiger partial charge on any atom is -0.463 e. The fourth-order valence-electron chi connectivity index (χ4n) is 4.70. The quantitative estimate of drug-likeness (QED) is 0.128. The zero-order valence-corrected chi connectivity index (χ0v) is 26.5. The molecule has 2 aliphatic heterocycles. The van der Waals surface area contributed by atoms with Gasteiger partial charge < -0.3 is 53.6 Å². The Labute approximate surface area is 277 Å². The Kier molecular flexibility index (Phi) is 14.3. The van der Waals surface area contributed by atoms with Crippen LogP contribution in [0.2, 0.25) is 0 Å². The lowest BCUT2D eigenvalue weighted by atomic mass is 9.94. The number of carbonyl (C=O) groups excluding carboxylic acids is 7. The summed E-state index contributed by atoms with van der Waals surface area (Å²) in [7, 11) is 0. The highest BCUT2D eigenvalue weighted by Crippen LogP contribution is 2.34. The molecule has 50 heavy (non-hydrogen) atoms. The highest BCUT2D eigenvalue weighted by molar-refractivity contribution is 5.82. The average molecular weight is 743 g/mol. The summed E-state index contributed by atoms with van der Waals surface area (Å²) in [5.74, 6) is -11.1. The molecule has 0 saturated carbocycles. The Morgan fingerprint density at radius 2 is 0.960 bits per heavy atom. The van der Waals surface area contributed by atoms with Gasteiger partial charge in [0, 0.05) is 34.6 Å². The number of esters is 5. The van der Waals surface area contributed by atoms with E-state index in [1.807, 2.05) is 0 Å². The zero-order chi connectivity index (χ0) is 38.3. The molecular weight excluding hydrogens is 710 g/mol. The lowest BCUT2D eigenvalue weighted by Crippen LogP contribution is -2.71. The number of carbonyl (C=O) groups is 7. The van der Waals surface area contributed by atoms with Crippen LogP contribution in [0.25, 0.3) is 0 Å². The van der Waals surface area contributed by atoms with Gasteiger partial charge in [0.2, 0.25) is 0 Å². The predicted molar refractivity (Wildman–Crippen MR) is 140 cm³/mol. The van der Waals surface area contributed by atoms with E-state index in [-0.39, 0.29) is 0 Å². The molecule has 0 radical (unpaired) electrons. The molecule has 2 saturated heterocycles. The lowest BCUT2D eigenvalue weighted by Gasteiger charge is -2.49. The molecule has 2 rings (SSSR count). The van der Waals surface area contributed by atoms with E-state index in [0.29, 0.717) is 0 Å². The maximum Gasteiger partial charge on any atom is 0.471 e. The van der Waals surface area contributed by atoms with Crippen molar-refractivity contribution in [3.05, 3.63) is 0 Å². The van der Waals surface area contributed by atoms with Crippen LogP contribution in [0.5, 0.6) is 0 Å². The molecule has 2 amide bonds. The van der Waals surface area contributed by atoms with Crippen molar-refractivity contribution in [1.82, 2.24) is 10.6 Å². The van der Waals surface area contributed by atoms with Crippen LogP contribution in [0.15, 0.2) is 0 Å². The number of alkyl halides is 6. The van der Waals surface area contributed by atoms with Crippen LogP contribution >= 0.6 is 0 Å². The van der Waals surface area contributed by atoms with Crippen molar-refractivity contribution >= 4 is 41.7 Å². The maximum absolute atomic E-state index is 13.5. The van der Waals surface area contributed by atoms with Gasteiger partial charge in [-0.05, 0) is 0 Å². The number of halogens is 6. The summed E-state index contributed by atoms with van der Waals surface area (Å²) in [5, 5.41) is 13.3. The molecule has 3 N–H and O–H groups in total. The topological polar surface area (TPSA) is 238 Å². The van der Waals surface area contributed by atoms with Crippen molar-refractivity contribution < 1.29 is 103 Å². The van der Waals surface area contributed by atoms with Gasteiger partial charge in [-0.25, -0.2) is 0 Å². The first-order valence-corrected chi connectivity index (χ1v) is 14.1.